The van der Waals surface area contributed by atoms with Crippen LogP contribution in [0.1, 0.15) is 31.7 Å². The number of halogens is 1. The van der Waals surface area contributed by atoms with Crippen LogP contribution >= 0.6 is 15.9 Å². The molecule has 0 saturated heterocycles. The maximum Gasteiger partial charge on any atom is 0.0738 e. The molecular formula is C14H26BrN3O. The van der Waals surface area contributed by atoms with E-state index in [0.717, 1.165) is 36.2 Å². The molecule has 0 spiro atoms. The zero-order valence-corrected chi connectivity index (χ0v) is 14.2. The predicted octanol–water partition coefficient (Wildman–Crippen LogP) is 2.78. The molecule has 1 rings (SSSR count). The standard InChI is InChI=1S/C14H26BrN3O/c1-6-18-13(14(15)11(3)17-18)8-12(16-4)7-10(2)9-19-5/h10,12,16H,6-9H2,1-5H3. The third kappa shape index (κ3) is 4.58. The molecule has 1 aromatic heterocycles. The number of likely N-dealkylation sites (N-methyl/N-ethyl adjacent to an activating group) is 1. The first-order chi connectivity index (χ1) is 9.03. The molecule has 5 heteroatoms. The topological polar surface area (TPSA) is 39.1 Å². The van der Waals surface area contributed by atoms with Gasteiger partial charge in [0.2, 0.25) is 0 Å². The highest BCUT2D eigenvalue weighted by atomic mass is 79.9. The predicted molar refractivity (Wildman–Crippen MR) is 82.5 cm³/mol. The minimum Gasteiger partial charge on any atom is -0.384 e. The van der Waals surface area contributed by atoms with E-state index < -0.39 is 0 Å². The number of hydrogen-bond donors (Lipinski definition) is 1. The molecule has 1 aromatic rings. The van der Waals surface area contributed by atoms with E-state index >= 15 is 0 Å². The van der Waals surface area contributed by atoms with Crippen molar-refractivity contribution in [3.05, 3.63) is 15.9 Å². The second kappa shape index (κ2) is 8.02. The highest BCUT2D eigenvalue weighted by Gasteiger charge is 2.18. The van der Waals surface area contributed by atoms with Crippen LogP contribution in [0.3, 0.4) is 0 Å². The summed E-state index contributed by atoms with van der Waals surface area (Å²) in [5.41, 5.74) is 2.35. The molecule has 110 valence electrons. The van der Waals surface area contributed by atoms with E-state index in [1.54, 1.807) is 7.11 Å². The molecule has 0 amide bonds. The number of nitrogens with one attached hydrogen (secondary N) is 1. The van der Waals surface area contributed by atoms with Crippen molar-refractivity contribution in [3.8, 4) is 0 Å². The molecule has 0 radical (unpaired) electrons. The van der Waals surface area contributed by atoms with Crippen molar-refractivity contribution in [2.75, 3.05) is 20.8 Å². The summed E-state index contributed by atoms with van der Waals surface area (Å²) in [7, 11) is 3.79. The highest BCUT2D eigenvalue weighted by molar-refractivity contribution is 9.10. The Labute approximate surface area is 125 Å². The Kier molecular flexibility index (Phi) is 7.04. The van der Waals surface area contributed by atoms with E-state index in [0.29, 0.717) is 12.0 Å². The third-order valence-corrected chi connectivity index (χ3v) is 4.47. The number of rotatable bonds is 8. The Morgan fingerprint density at radius 3 is 2.68 bits per heavy atom. The molecule has 0 bridgehead atoms. The zero-order chi connectivity index (χ0) is 14.4. The van der Waals surface area contributed by atoms with E-state index in [-0.39, 0.29) is 0 Å². The van der Waals surface area contributed by atoms with Gasteiger partial charge in [0.1, 0.15) is 0 Å². The lowest BCUT2D eigenvalue weighted by atomic mass is 9.99. The molecule has 4 nitrogen and oxygen atoms in total. The van der Waals surface area contributed by atoms with Gasteiger partial charge in [0, 0.05) is 32.7 Å². The van der Waals surface area contributed by atoms with E-state index in [9.17, 15) is 0 Å². The number of nitrogens with zero attached hydrogens (tertiary/aromatic N) is 2. The van der Waals surface area contributed by atoms with Crippen LogP contribution in [0, 0.1) is 12.8 Å². The van der Waals surface area contributed by atoms with Gasteiger partial charge in [0.15, 0.2) is 0 Å². The van der Waals surface area contributed by atoms with Gasteiger partial charge < -0.3 is 10.1 Å². The van der Waals surface area contributed by atoms with Crippen LogP contribution in [0.4, 0.5) is 0 Å². The second-order valence-corrected chi connectivity index (χ2v) is 5.94. The Balaban J connectivity index is 2.75. The van der Waals surface area contributed by atoms with Crippen LogP contribution < -0.4 is 5.32 Å². The highest BCUT2D eigenvalue weighted by Crippen LogP contribution is 2.23. The van der Waals surface area contributed by atoms with Crippen LogP contribution in [0.5, 0.6) is 0 Å². The van der Waals surface area contributed by atoms with Gasteiger partial charge in [-0.1, -0.05) is 6.92 Å². The summed E-state index contributed by atoms with van der Waals surface area (Å²) in [6, 6.07) is 0.447. The summed E-state index contributed by atoms with van der Waals surface area (Å²) < 4.78 is 8.45. The van der Waals surface area contributed by atoms with Gasteiger partial charge in [0.05, 0.1) is 15.9 Å². The van der Waals surface area contributed by atoms with Gasteiger partial charge in [-0.2, -0.15) is 5.10 Å². The molecule has 0 aliphatic rings. The summed E-state index contributed by atoms with van der Waals surface area (Å²) in [6.45, 7) is 8.12. The maximum atomic E-state index is 5.22. The molecule has 0 aromatic carbocycles. The summed E-state index contributed by atoms with van der Waals surface area (Å²) in [4.78, 5) is 0. The lowest BCUT2D eigenvalue weighted by Gasteiger charge is -2.20. The summed E-state index contributed by atoms with van der Waals surface area (Å²) in [5.74, 6) is 0.556. The number of aromatic nitrogens is 2. The van der Waals surface area contributed by atoms with Crippen LogP contribution in [-0.4, -0.2) is 36.6 Å². The monoisotopic (exact) mass is 331 g/mol. The average Bonchev–Trinajstić information content (AvgIpc) is 2.65. The van der Waals surface area contributed by atoms with Crippen LogP contribution in [-0.2, 0) is 17.7 Å². The van der Waals surface area contributed by atoms with Crippen molar-refractivity contribution in [3.63, 3.8) is 0 Å². The smallest absolute Gasteiger partial charge is 0.0738 e. The average molecular weight is 332 g/mol. The summed E-state index contributed by atoms with van der Waals surface area (Å²) >= 11 is 3.66. The van der Waals surface area contributed by atoms with Gasteiger partial charge in [0.25, 0.3) is 0 Å². The van der Waals surface area contributed by atoms with Crippen LogP contribution in [0.15, 0.2) is 4.47 Å². The van der Waals surface area contributed by atoms with Crippen LogP contribution in [0.25, 0.3) is 0 Å². The van der Waals surface area contributed by atoms with E-state index in [1.807, 2.05) is 14.0 Å². The molecule has 2 unspecified atom stereocenters. The molecular weight excluding hydrogens is 306 g/mol. The fraction of sp³-hybridized carbons (Fsp3) is 0.786. The molecule has 0 aliphatic carbocycles. The Bertz CT molecular complexity index is 392. The van der Waals surface area contributed by atoms with Gasteiger partial charge in [-0.15, -0.1) is 0 Å². The maximum absolute atomic E-state index is 5.22. The normalized spacial score (nSPS) is 14.6. The van der Waals surface area contributed by atoms with Crippen molar-refractivity contribution in [1.82, 2.24) is 15.1 Å². The second-order valence-electron chi connectivity index (χ2n) is 5.15. The first kappa shape index (κ1) is 16.7. The van der Waals surface area contributed by atoms with E-state index in [2.05, 4.69) is 44.9 Å². The molecule has 19 heavy (non-hydrogen) atoms. The first-order valence-electron chi connectivity index (χ1n) is 6.91. The van der Waals surface area contributed by atoms with Crippen LogP contribution in [0.2, 0.25) is 0 Å². The third-order valence-electron chi connectivity index (χ3n) is 3.44. The molecule has 1 heterocycles. The summed E-state index contributed by atoms with van der Waals surface area (Å²) in [6.07, 6.45) is 2.09. The lowest BCUT2D eigenvalue weighted by molar-refractivity contribution is 0.149. The van der Waals surface area contributed by atoms with Gasteiger partial charge in [-0.3, -0.25) is 4.68 Å². The molecule has 0 aliphatic heterocycles. The Hall–Kier alpha value is -0.390. The largest absolute Gasteiger partial charge is 0.384 e. The quantitative estimate of drug-likeness (QED) is 0.796. The first-order valence-corrected chi connectivity index (χ1v) is 7.70. The minimum absolute atomic E-state index is 0.447. The molecule has 1 N–H and O–H groups in total. The minimum atomic E-state index is 0.447. The number of hydrogen-bond acceptors (Lipinski definition) is 3. The molecule has 0 fully saturated rings. The van der Waals surface area contributed by atoms with Crippen molar-refractivity contribution >= 4 is 15.9 Å². The van der Waals surface area contributed by atoms with Crippen molar-refractivity contribution in [1.29, 1.82) is 0 Å². The fourth-order valence-corrected chi connectivity index (χ4v) is 2.88. The Morgan fingerprint density at radius 2 is 2.16 bits per heavy atom. The number of ether oxygens (including phenoxy) is 1. The Morgan fingerprint density at radius 1 is 1.47 bits per heavy atom. The molecule has 0 saturated carbocycles. The van der Waals surface area contributed by atoms with E-state index in [1.165, 1.54) is 5.69 Å². The van der Waals surface area contributed by atoms with Gasteiger partial charge >= 0.3 is 0 Å². The van der Waals surface area contributed by atoms with Gasteiger partial charge in [-0.25, -0.2) is 0 Å². The number of aryl methyl sites for hydroxylation is 2. The SMILES string of the molecule is CCn1nc(C)c(Br)c1CC(CC(C)COC)NC. The zero-order valence-electron chi connectivity index (χ0n) is 12.7. The number of methoxy groups -OCH3 is 1. The van der Waals surface area contributed by atoms with Gasteiger partial charge in [-0.05, 0) is 49.2 Å². The lowest BCUT2D eigenvalue weighted by Crippen LogP contribution is -2.31. The van der Waals surface area contributed by atoms with Crippen molar-refractivity contribution in [2.24, 2.45) is 5.92 Å². The van der Waals surface area contributed by atoms with Crippen molar-refractivity contribution in [2.45, 2.75) is 46.2 Å². The van der Waals surface area contributed by atoms with Crippen molar-refractivity contribution < 1.29 is 4.74 Å². The fourth-order valence-electron chi connectivity index (χ4n) is 2.44. The summed E-state index contributed by atoms with van der Waals surface area (Å²) in [5, 5.41) is 7.96. The van der Waals surface area contributed by atoms with E-state index in [4.69, 9.17) is 4.74 Å². The molecule has 2 atom stereocenters.